The predicted octanol–water partition coefficient (Wildman–Crippen LogP) is 1.19. The maximum absolute atomic E-state index is 9.07. The number of para-hydroxylation sites is 1. The van der Waals surface area contributed by atoms with E-state index in [4.69, 9.17) is 10.8 Å². The molecule has 0 heterocycles. The van der Waals surface area contributed by atoms with E-state index < -0.39 is 0 Å². The van der Waals surface area contributed by atoms with Gasteiger partial charge in [0, 0.05) is 12.1 Å². The van der Waals surface area contributed by atoms with Crippen molar-refractivity contribution in [3.63, 3.8) is 0 Å². The summed E-state index contributed by atoms with van der Waals surface area (Å²) in [6.07, 6.45) is 0.312. The van der Waals surface area contributed by atoms with Crippen LogP contribution in [-0.4, -0.2) is 11.2 Å². The van der Waals surface area contributed by atoms with E-state index in [0.717, 1.165) is 11.3 Å². The maximum Gasteiger partial charge on any atom is 0.0553 e. The van der Waals surface area contributed by atoms with Crippen LogP contribution in [0.25, 0.3) is 0 Å². The van der Waals surface area contributed by atoms with Crippen LogP contribution in [0.1, 0.15) is 12.5 Å². The van der Waals surface area contributed by atoms with Gasteiger partial charge in [-0.15, -0.1) is 0 Å². The van der Waals surface area contributed by atoms with Crippen molar-refractivity contribution >= 4 is 5.69 Å². The van der Waals surface area contributed by atoms with Gasteiger partial charge in [-0.25, -0.2) is 0 Å². The minimum Gasteiger partial charge on any atom is -0.399 e. The Morgan fingerprint density at radius 2 is 2.09 bits per heavy atom. The molecular weight excluding hydrogens is 138 g/mol. The molecule has 0 saturated heterocycles. The van der Waals surface area contributed by atoms with E-state index >= 15 is 0 Å². The summed E-state index contributed by atoms with van der Waals surface area (Å²) in [5, 5.41) is 9.07. The van der Waals surface area contributed by atoms with Gasteiger partial charge in [-0.2, -0.15) is 0 Å². The van der Waals surface area contributed by atoms with Crippen LogP contribution in [0.5, 0.6) is 0 Å². The lowest BCUT2D eigenvalue weighted by Gasteiger charge is -2.06. The van der Waals surface area contributed by atoms with Crippen molar-refractivity contribution < 1.29 is 5.11 Å². The van der Waals surface area contributed by atoms with Crippen LogP contribution in [0, 0.1) is 0 Å². The van der Waals surface area contributed by atoms with Crippen molar-refractivity contribution in [1.29, 1.82) is 0 Å². The zero-order chi connectivity index (χ0) is 8.27. The molecular formula is C9H13NO. The molecule has 60 valence electrons. The summed E-state index contributed by atoms with van der Waals surface area (Å²) in [7, 11) is 0. The van der Waals surface area contributed by atoms with Gasteiger partial charge in [-0.3, -0.25) is 0 Å². The average molecular weight is 151 g/mol. The lowest BCUT2D eigenvalue weighted by Crippen LogP contribution is -2.06. The molecule has 1 aromatic rings. The van der Waals surface area contributed by atoms with E-state index in [1.165, 1.54) is 0 Å². The lowest BCUT2D eigenvalue weighted by atomic mass is 10.1. The van der Waals surface area contributed by atoms with Gasteiger partial charge in [0.2, 0.25) is 0 Å². The third-order valence-corrected chi connectivity index (χ3v) is 1.57. The van der Waals surface area contributed by atoms with Crippen LogP contribution in [0.4, 0.5) is 5.69 Å². The largest absolute Gasteiger partial charge is 0.399 e. The summed E-state index contributed by atoms with van der Waals surface area (Å²) < 4.78 is 0. The normalized spacial score (nSPS) is 12.9. The Kier molecular flexibility index (Phi) is 2.49. The van der Waals surface area contributed by atoms with Crippen molar-refractivity contribution in [3.8, 4) is 0 Å². The molecule has 1 unspecified atom stereocenters. The number of hydrogen-bond donors (Lipinski definition) is 2. The molecule has 0 bridgehead atoms. The van der Waals surface area contributed by atoms with Gasteiger partial charge in [-0.05, 0) is 18.6 Å². The number of anilines is 1. The highest BCUT2D eigenvalue weighted by Crippen LogP contribution is 2.12. The number of aliphatic hydroxyl groups excluding tert-OH is 1. The van der Waals surface area contributed by atoms with E-state index in [1.54, 1.807) is 6.92 Å². The molecule has 0 aromatic heterocycles. The SMILES string of the molecule is CC(O)Cc1ccccc1N. The van der Waals surface area contributed by atoms with Gasteiger partial charge in [0.15, 0.2) is 0 Å². The summed E-state index contributed by atoms with van der Waals surface area (Å²) >= 11 is 0. The van der Waals surface area contributed by atoms with Crippen molar-refractivity contribution in [1.82, 2.24) is 0 Å². The lowest BCUT2D eigenvalue weighted by molar-refractivity contribution is 0.195. The second-order valence-electron chi connectivity index (χ2n) is 2.75. The zero-order valence-corrected chi connectivity index (χ0v) is 6.62. The molecule has 1 atom stereocenters. The Balaban J connectivity index is 2.78. The highest BCUT2D eigenvalue weighted by molar-refractivity contribution is 5.46. The number of benzene rings is 1. The molecule has 2 nitrogen and oxygen atoms in total. The molecule has 2 heteroatoms. The topological polar surface area (TPSA) is 46.2 Å². The van der Waals surface area contributed by atoms with Crippen LogP contribution >= 0.6 is 0 Å². The summed E-state index contributed by atoms with van der Waals surface area (Å²) in [6.45, 7) is 1.76. The molecule has 1 aromatic carbocycles. The molecule has 0 amide bonds. The van der Waals surface area contributed by atoms with Gasteiger partial charge < -0.3 is 10.8 Å². The molecule has 0 fully saturated rings. The number of nitrogen functional groups attached to an aromatic ring is 1. The molecule has 0 spiro atoms. The molecule has 3 N–H and O–H groups in total. The first kappa shape index (κ1) is 8.08. The Morgan fingerprint density at radius 1 is 1.45 bits per heavy atom. The Hall–Kier alpha value is -1.02. The van der Waals surface area contributed by atoms with E-state index in [9.17, 15) is 0 Å². The third kappa shape index (κ3) is 2.24. The standard InChI is InChI=1S/C9H13NO/c1-7(11)6-8-4-2-3-5-9(8)10/h2-5,7,11H,6,10H2,1H3. The summed E-state index contributed by atoms with van der Waals surface area (Å²) in [6, 6.07) is 7.59. The van der Waals surface area contributed by atoms with Gasteiger partial charge in [0.25, 0.3) is 0 Å². The average Bonchev–Trinajstić information content (AvgIpc) is 1.93. The van der Waals surface area contributed by atoms with E-state index in [2.05, 4.69) is 0 Å². The van der Waals surface area contributed by atoms with Crippen LogP contribution in [0.3, 0.4) is 0 Å². The van der Waals surface area contributed by atoms with E-state index in [-0.39, 0.29) is 6.10 Å². The molecule has 0 radical (unpaired) electrons. The second kappa shape index (κ2) is 3.39. The number of nitrogens with two attached hydrogens (primary N) is 1. The number of rotatable bonds is 2. The van der Waals surface area contributed by atoms with E-state index in [0.29, 0.717) is 6.42 Å². The fraction of sp³-hybridized carbons (Fsp3) is 0.333. The summed E-state index contributed by atoms with van der Waals surface area (Å²) in [5.41, 5.74) is 7.43. The number of hydrogen-bond acceptors (Lipinski definition) is 2. The molecule has 1 rings (SSSR count). The van der Waals surface area contributed by atoms with Gasteiger partial charge >= 0.3 is 0 Å². The third-order valence-electron chi connectivity index (χ3n) is 1.57. The Morgan fingerprint density at radius 3 is 2.64 bits per heavy atom. The summed E-state index contributed by atoms with van der Waals surface area (Å²) in [4.78, 5) is 0. The smallest absolute Gasteiger partial charge is 0.0553 e. The van der Waals surface area contributed by atoms with Crippen molar-refractivity contribution in [2.45, 2.75) is 19.4 Å². The second-order valence-corrected chi connectivity index (χ2v) is 2.75. The molecule has 11 heavy (non-hydrogen) atoms. The first-order valence-corrected chi connectivity index (χ1v) is 3.71. The van der Waals surface area contributed by atoms with Crippen molar-refractivity contribution in [2.75, 3.05) is 5.73 Å². The predicted molar refractivity (Wildman–Crippen MR) is 46.2 cm³/mol. The van der Waals surface area contributed by atoms with Crippen LogP contribution in [0.15, 0.2) is 24.3 Å². The minimum atomic E-state index is -0.320. The van der Waals surface area contributed by atoms with Gasteiger partial charge in [-0.1, -0.05) is 18.2 Å². The minimum absolute atomic E-state index is 0.320. The first-order valence-electron chi connectivity index (χ1n) is 3.71. The maximum atomic E-state index is 9.07. The fourth-order valence-corrected chi connectivity index (χ4v) is 1.04. The Labute approximate surface area is 66.7 Å². The quantitative estimate of drug-likeness (QED) is 0.624. The zero-order valence-electron chi connectivity index (χ0n) is 6.62. The molecule has 0 aliphatic carbocycles. The first-order chi connectivity index (χ1) is 5.20. The van der Waals surface area contributed by atoms with Crippen molar-refractivity contribution in [2.24, 2.45) is 0 Å². The Bertz CT molecular complexity index is 233. The highest BCUT2D eigenvalue weighted by atomic mass is 16.3. The van der Waals surface area contributed by atoms with E-state index in [1.807, 2.05) is 24.3 Å². The van der Waals surface area contributed by atoms with Crippen LogP contribution < -0.4 is 5.73 Å². The fourth-order valence-electron chi connectivity index (χ4n) is 1.04. The van der Waals surface area contributed by atoms with Gasteiger partial charge in [0.05, 0.1) is 6.10 Å². The van der Waals surface area contributed by atoms with Crippen molar-refractivity contribution in [3.05, 3.63) is 29.8 Å². The number of aliphatic hydroxyl groups is 1. The van der Waals surface area contributed by atoms with Gasteiger partial charge in [0.1, 0.15) is 0 Å². The highest BCUT2D eigenvalue weighted by Gasteiger charge is 2.00. The summed E-state index contributed by atoms with van der Waals surface area (Å²) in [5.74, 6) is 0. The molecule has 0 saturated carbocycles. The van der Waals surface area contributed by atoms with Crippen LogP contribution in [-0.2, 0) is 6.42 Å². The molecule has 0 aliphatic heterocycles. The molecule has 0 aliphatic rings. The van der Waals surface area contributed by atoms with Crippen LogP contribution in [0.2, 0.25) is 0 Å². The monoisotopic (exact) mass is 151 g/mol.